The molecule has 6 aromatic carbocycles. The van der Waals surface area contributed by atoms with Gasteiger partial charge in [-0.2, -0.15) is 5.26 Å². The van der Waals surface area contributed by atoms with Gasteiger partial charge < -0.3 is 8.98 Å². The van der Waals surface area contributed by atoms with E-state index in [1.807, 2.05) is 78.9 Å². The molecule has 214 valence electrons. The van der Waals surface area contributed by atoms with Crippen LogP contribution in [-0.4, -0.2) is 13.0 Å². The van der Waals surface area contributed by atoms with Crippen LogP contribution in [0.4, 0.5) is 0 Å². The van der Waals surface area contributed by atoms with Crippen LogP contribution >= 0.6 is 0 Å². The summed E-state index contributed by atoms with van der Waals surface area (Å²) in [6, 6.07) is 42.5. The van der Waals surface area contributed by atoms with Gasteiger partial charge >= 0.3 is 0 Å². The lowest BCUT2D eigenvalue weighted by Gasteiger charge is -2.15. The smallest absolute Gasteiger partial charge is 0.158 e. The molecule has 1 aliphatic heterocycles. The Kier molecular flexibility index (Phi) is 5.41. The van der Waals surface area contributed by atoms with Gasteiger partial charge in [0.1, 0.15) is 11.2 Å². The van der Waals surface area contributed by atoms with Crippen LogP contribution in [0.2, 0.25) is 0 Å². The number of furan rings is 1. The molecule has 0 saturated heterocycles. The van der Waals surface area contributed by atoms with Crippen molar-refractivity contribution in [3.05, 3.63) is 138 Å². The summed E-state index contributed by atoms with van der Waals surface area (Å²) >= 11 is 0. The topological polar surface area (TPSA) is 76.0 Å². The lowest BCUT2D eigenvalue weighted by molar-refractivity contribution is 0.595. The number of sulfone groups is 1. The number of rotatable bonds is 2. The maximum Gasteiger partial charge on any atom is 0.158 e. The van der Waals surface area contributed by atoms with E-state index in [4.69, 9.17) is 4.42 Å². The van der Waals surface area contributed by atoms with Gasteiger partial charge in [0.15, 0.2) is 9.84 Å². The van der Waals surface area contributed by atoms with E-state index in [0.717, 1.165) is 82.8 Å². The molecule has 0 bridgehead atoms. The van der Waals surface area contributed by atoms with Crippen LogP contribution in [0.1, 0.15) is 16.7 Å². The molecule has 0 saturated carbocycles. The second-order valence-electron chi connectivity index (χ2n) is 11.7. The Balaban J connectivity index is 1.26. The molecule has 3 heterocycles. The predicted molar refractivity (Wildman–Crippen MR) is 180 cm³/mol. The number of nitriles is 1. The molecule has 0 fully saturated rings. The highest BCUT2D eigenvalue weighted by molar-refractivity contribution is 7.89. The van der Waals surface area contributed by atoms with Crippen molar-refractivity contribution in [1.82, 2.24) is 4.57 Å². The maximum absolute atomic E-state index is 13.5. The van der Waals surface area contributed by atoms with Crippen molar-refractivity contribution in [3.8, 4) is 34.0 Å². The molecule has 0 radical (unpaired) electrons. The van der Waals surface area contributed by atoms with E-state index in [9.17, 15) is 13.7 Å². The highest BCUT2D eigenvalue weighted by Gasteiger charge is 2.26. The fraction of sp³-hybridized carbons (Fsp3) is 0.0513. The standard InChI is InChI=1S/C39H24N2O3S/c40-21-24-12-17-36-34(18-24)31-6-1-3-9-35(31)41(36)28-15-13-26-22-45(42,43)23-27-19-25(14-16-29(27)33(26)20-28)30-8-5-11-38-39(30)32-7-2-4-10-37(32)44-38/h1-20H,22-23H2. The Morgan fingerprint density at radius 2 is 1.40 bits per heavy atom. The average Bonchev–Trinajstić information content (AvgIpc) is 3.57. The van der Waals surface area contributed by atoms with E-state index in [1.165, 1.54) is 0 Å². The first-order chi connectivity index (χ1) is 22.0. The van der Waals surface area contributed by atoms with Gasteiger partial charge in [0, 0.05) is 27.2 Å². The Bertz CT molecular complexity index is 2690. The summed E-state index contributed by atoms with van der Waals surface area (Å²) in [6.45, 7) is 0. The molecule has 0 N–H and O–H groups in total. The number of para-hydroxylation sites is 2. The van der Waals surface area contributed by atoms with Gasteiger partial charge in [-0.05, 0) is 88.0 Å². The largest absolute Gasteiger partial charge is 0.456 e. The predicted octanol–water partition coefficient (Wildman–Crippen LogP) is 9.32. The molecule has 2 aromatic heterocycles. The molecule has 9 rings (SSSR count). The Morgan fingerprint density at radius 3 is 2.29 bits per heavy atom. The van der Waals surface area contributed by atoms with Gasteiger partial charge in [-0.25, -0.2) is 8.42 Å². The summed E-state index contributed by atoms with van der Waals surface area (Å²) < 4.78 is 35.3. The highest BCUT2D eigenvalue weighted by atomic mass is 32.2. The summed E-state index contributed by atoms with van der Waals surface area (Å²) in [4.78, 5) is 0. The van der Waals surface area contributed by atoms with Crippen molar-refractivity contribution >= 4 is 53.6 Å². The monoisotopic (exact) mass is 600 g/mol. The van der Waals surface area contributed by atoms with Crippen LogP contribution in [0.25, 0.3) is 71.7 Å². The first-order valence-electron chi connectivity index (χ1n) is 14.8. The number of hydrogen-bond donors (Lipinski definition) is 0. The molecular formula is C39H24N2O3S. The van der Waals surface area contributed by atoms with E-state index >= 15 is 0 Å². The lowest BCUT2D eigenvalue weighted by Crippen LogP contribution is -2.05. The van der Waals surface area contributed by atoms with Crippen molar-refractivity contribution in [2.45, 2.75) is 11.5 Å². The van der Waals surface area contributed by atoms with Crippen LogP contribution in [0.3, 0.4) is 0 Å². The van der Waals surface area contributed by atoms with E-state index < -0.39 is 9.84 Å². The fourth-order valence-electron chi connectivity index (χ4n) is 7.08. The van der Waals surface area contributed by atoms with Gasteiger partial charge in [-0.15, -0.1) is 0 Å². The molecule has 8 aromatic rings. The van der Waals surface area contributed by atoms with Gasteiger partial charge in [0.05, 0.1) is 34.2 Å². The Morgan fingerprint density at radius 1 is 0.622 bits per heavy atom. The van der Waals surface area contributed by atoms with Crippen LogP contribution in [-0.2, 0) is 21.3 Å². The first kappa shape index (κ1) is 25.8. The molecule has 0 amide bonds. The second-order valence-corrected chi connectivity index (χ2v) is 13.8. The maximum atomic E-state index is 13.5. The van der Waals surface area contributed by atoms with Crippen LogP contribution in [0.5, 0.6) is 0 Å². The molecule has 0 atom stereocenters. The zero-order valence-electron chi connectivity index (χ0n) is 24.0. The van der Waals surface area contributed by atoms with Gasteiger partial charge in [-0.1, -0.05) is 66.7 Å². The summed E-state index contributed by atoms with van der Waals surface area (Å²) in [5.74, 6) is -0.0537. The highest BCUT2D eigenvalue weighted by Crippen LogP contribution is 2.42. The van der Waals surface area contributed by atoms with Gasteiger partial charge in [-0.3, -0.25) is 0 Å². The molecule has 1 aliphatic rings. The number of benzene rings is 6. The minimum absolute atomic E-state index is 0.0206. The molecule has 0 unspecified atom stereocenters. The Labute approximate surface area is 259 Å². The van der Waals surface area contributed by atoms with Crippen LogP contribution in [0, 0.1) is 11.3 Å². The van der Waals surface area contributed by atoms with Crippen molar-refractivity contribution in [2.75, 3.05) is 0 Å². The van der Waals surface area contributed by atoms with Crippen LogP contribution < -0.4 is 0 Å². The van der Waals surface area contributed by atoms with Crippen molar-refractivity contribution < 1.29 is 12.8 Å². The molecule has 45 heavy (non-hydrogen) atoms. The Hall–Kier alpha value is -5.64. The number of aromatic nitrogens is 1. The lowest BCUT2D eigenvalue weighted by atomic mass is 9.92. The van der Waals surface area contributed by atoms with E-state index in [-0.39, 0.29) is 11.5 Å². The summed E-state index contributed by atoms with van der Waals surface area (Å²) in [7, 11) is -3.41. The van der Waals surface area contributed by atoms with Crippen molar-refractivity contribution in [3.63, 3.8) is 0 Å². The van der Waals surface area contributed by atoms with Gasteiger partial charge in [0.25, 0.3) is 0 Å². The molecule has 0 aliphatic carbocycles. The fourth-order valence-corrected chi connectivity index (χ4v) is 8.62. The normalized spacial score (nSPS) is 13.9. The minimum atomic E-state index is -3.41. The average molecular weight is 601 g/mol. The third-order valence-corrected chi connectivity index (χ3v) is 10.5. The molecule has 6 heteroatoms. The zero-order valence-corrected chi connectivity index (χ0v) is 24.8. The molecular weight excluding hydrogens is 577 g/mol. The van der Waals surface area contributed by atoms with Crippen molar-refractivity contribution in [1.29, 1.82) is 5.26 Å². The third kappa shape index (κ3) is 3.95. The SMILES string of the molecule is N#Cc1ccc2c(c1)c1ccccc1n2-c1ccc2c(c1)-c1ccc(-c3cccc4oc5ccccc5c34)cc1CS(=O)(=O)C2. The number of fused-ring (bicyclic) bond motifs is 9. The third-order valence-electron chi connectivity index (χ3n) is 9.01. The number of nitrogens with zero attached hydrogens (tertiary/aromatic N) is 2. The molecule has 0 spiro atoms. The summed E-state index contributed by atoms with van der Waals surface area (Å²) in [5, 5.41) is 13.7. The summed E-state index contributed by atoms with van der Waals surface area (Å²) in [6.07, 6.45) is 0. The minimum Gasteiger partial charge on any atom is -0.456 e. The zero-order chi connectivity index (χ0) is 30.3. The first-order valence-corrected chi connectivity index (χ1v) is 16.6. The van der Waals surface area contributed by atoms with Crippen molar-refractivity contribution in [2.24, 2.45) is 0 Å². The molecule has 5 nitrogen and oxygen atoms in total. The van der Waals surface area contributed by atoms with E-state index in [1.54, 1.807) is 0 Å². The van der Waals surface area contributed by atoms with E-state index in [2.05, 4.69) is 53.1 Å². The van der Waals surface area contributed by atoms with Gasteiger partial charge in [0.2, 0.25) is 0 Å². The number of hydrogen-bond acceptors (Lipinski definition) is 4. The summed E-state index contributed by atoms with van der Waals surface area (Å²) in [5.41, 5.74) is 10.6. The quantitative estimate of drug-likeness (QED) is 0.198. The second kappa shape index (κ2) is 9.43. The van der Waals surface area contributed by atoms with E-state index in [0.29, 0.717) is 5.56 Å². The van der Waals surface area contributed by atoms with Crippen LogP contribution in [0.15, 0.2) is 126 Å².